The Morgan fingerprint density at radius 1 is 1.35 bits per heavy atom. The number of carbonyl (C=O) groups is 1. The van der Waals surface area contributed by atoms with Gasteiger partial charge in [-0.2, -0.15) is 4.31 Å². The highest BCUT2D eigenvalue weighted by Crippen LogP contribution is 2.59. The van der Waals surface area contributed by atoms with Crippen LogP contribution in [-0.2, 0) is 18.0 Å². The average molecular weight is 345 g/mol. The Hall–Kier alpha value is -0.440. The normalized spacial score (nSPS) is 16.7. The van der Waals surface area contributed by atoms with E-state index in [4.69, 9.17) is 9.79 Å². The molecule has 1 heterocycles. The summed E-state index contributed by atoms with van der Waals surface area (Å²) in [5.74, 6) is -0.268. The van der Waals surface area contributed by atoms with Gasteiger partial charge in [0.25, 0.3) is 0 Å². The standard InChI is InChI=1S/C8H13NO8P2S/c1-4-7(20-8(9-4)5(2)10)6(3)16-19(14,15)17-18(11,12)13/h6H,1-3H3,(H,14,15)(H2,11,12,13). The molecule has 12 heteroatoms. The number of nitrogens with zero attached hydrogens (tertiary/aromatic N) is 1. The highest BCUT2D eigenvalue weighted by molar-refractivity contribution is 7.60. The van der Waals surface area contributed by atoms with Gasteiger partial charge >= 0.3 is 15.6 Å². The van der Waals surface area contributed by atoms with Gasteiger partial charge < -0.3 is 14.7 Å². The third kappa shape index (κ3) is 5.16. The molecule has 2 unspecified atom stereocenters. The van der Waals surface area contributed by atoms with E-state index in [-0.39, 0.29) is 10.8 Å². The molecule has 1 rings (SSSR count). The second-order valence-corrected chi connectivity index (χ2v) is 7.63. The molecule has 0 fully saturated rings. The van der Waals surface area contributed by atoms with Crippen LogP contribution in [0.3, 0.4) is 0 Å². The minimum Gasteiger partial charge on any atom is -0.302 e. The molecule has 0 saturated carbocycles. The van der Waals surface area contributed by atoms with Gasteiger partial charge in [-0.3, -0.25) is 9.32 Å². The van der Waals surface area contributed by atoms with Crippen molar-refractivity contribution >= 4 is 32.8 Å². The molecule has 3 N–H and O–H groups in total. The van der Waals surface area contributed by atoms with E-state index in [1.54, 1.807) is 6.92 Å². The van der Waals surface area contributed by atoms with E-state index in [2.05, 4.69) is 13.8 Å². The van der Waals surface area contributed by atoms with Crippen LogP contribution in [-0.4, -0.2) is 25.4 Å². The van der Waals surface area contributed by atoms with Crippen molar-refractivity contribution in [3.63, 3.8) is 0 Å². The molecule has 0 aromatic carbocycles. The summed E-state index contributed by atoms with van der Waals surface area (Å²) in [5.41, 5.74) is 0.420. The van der Waals surface area contributed by atoms with Crippen LogP contribution in [0.15, 0.2) is 0 Å². The number of hydrogen-bond acceptors (Lipinski definition) is 7. The van der Waals surface area contributed by atoms with Crippen LogP contribution < -0.4 is 0 Å². The summed E-state index contributed by atoms with van der Waals surface area (Å²) < 4.78 is 30.2. The molecule has 2 atom stereocenters. The Kier molecular flexibility index (Phi) is 5.40. The molecular weight excluding hydrogens is 332 g/mol. The lowest BCUT2D eigenvalue weighted by molar-refractivity contribution is 0.101. The molecule has 114 valence electrons. The number of aryl methyl sites for hydroxylation is 1. The molecule has 0 aliphatic heterocycles. The smallest absolute Gasteiger partial charge is 0.302 e. The third-order valence-corrected chi connectivity index (χ3v) is 5.68. The summed E-state index contributed by atoms with van der Waals surface area (Å²) in [5, 5.41) is 0.205. The monoisotopic (exact) mass is 345 g/mol. The number of aromatic nitrogens is 1. The van der Waals surface area contributed by atoms with Gasteiger partial charge in [-0.05, 0) is 13.8 Å². The van der Waals surface area contributed by atoms with Crippen molar-refractivity contribution < 1.29 is 37.4 Å². The van der Waals surface area contributed by atoms with Crippen LogP contribution in [0.4, 0.5) is 0 Å². The number of carbonyl (C=O) groups excluding carboxylic acids is 1. The number of ketones is 1. The van der Waals surface area contributed by atoms with Crippen LogP contribution >= 0.6 is 27.0 Å². The highest BCUT2D eigenvalue weighted by atomic mass is 32.1. The maximum Gasteiger partial charge on any atom is 0.481 e. The van der Waals surface area contributed by atoms with Crippen molar-refractivity contribution in [3.05, 3.63) is 15.6 Å². The van der Waals surface area contributed by atoms with Crippen molar-refractivity contribution in [2.45, 2.75) is 26.9 Å². The van der Waals surface area contributed by atoms with E-state index < -0.39 is 21.7 Å². The maximum atomic E-state index is 11.4. The lowest BCUT2D eigenvalue weighted by Crippen LogP contribution is -2.00. The number of hydrogen-bond donors (Lipinski definition) is 3. The molecule has 0 saturated heterocycles. The van der Waals surface area contributed by atoms with Crippen molar-refractivity contribution in [2.24, 2.45) is 0 Å². The first-order valence-electron chi connectivity index (χ1n) is 5.17. The van der Waals surface area contributed by atoms with Gasteiger partial charge in [-0.15, -0.1) is 11.3 Å². The van der Waals surface area contributed by atoms with Crippen molar-refractivity contribution in [3.8, 4) is 0 Å². The number of phosphoric acid groups is 2. The van der Waals surface area contributed by atoms with Crippen LogP contribution in [0, 0.1) is 6.92 Å². The second-order valence-electron chi connectivity index (χ2n) is 3.81. The Bertz CT molecular complexity index is 608. The van der Waals surface area contributed by atoms with Crippen LogP contribution in [0.5, 0.6) is 0 Å². The molecule has 0 bridgehead atoms. The molecule has 9 nitrogen and oxygen atoms in total. The largest absolute Gasteiger partial charge is 0.481 e. The molecular formula is C8H13NO8P2S. The minimum absolute atomic E-state index is 0.205. The molecule has 20 heavy (non-hydrogen) atoms. The quantitative estimate of drug-likeness (QED) is 0.520. The number of Topliss-reactive ketones (excluding diaryl/α,β-unsaturated/α-hetero) is 1. The topological polar surface area (TPSA) is 143 Å². The van der Waals surface area contributed by atoms with Gasteiger partial charge in [0.1, 0.15) is 6.10 Å². The SMILES string of the molecule is CC(=O)c1nc(C)c(C(C)OP(=O)(O)OP(=O)(O)O)s1. The lowest BCUT2D eigenvalue weighted by atomic mass is 10.3. The van der Waals surface area contributed by atoms with E-state index in [0.29, 0.717) is 10.6 Å². The first kappa shape index (κ1) is 17.6. The Labute approximate surface area is 118 Å². The van der Waals surface area contributed by atoms with Gasteiger partial charge in [-0.25, -0.2) is 14.1 Å². The highest BCUT2D eigenvalue weighted by Gasteiger charge is 2.35. The summed E-state index contributed by atoms with van der Waals surface area (Å²) >= 11 is 0.967. The first-order valence-corrected chi connectivity index (χ1v) is 9.02. The van der Waals surface area contributed by atoms with Crippen LogP contribution in [0.25, 0.3) is 0 Å². The van der Waals surface area contributed by atoms with Crippen molar-refractivity contribution in [1.82, 2.24) is 4.98 Å². The number of thiazole rings is 1. The summed E-state index contributed by atoms with van der Waals surface area (Å²) in [6, 6.07) is 0. The fourth-order valence-corrected chi connectivity index (χ4v) is 4.08. The Morgan fingerprint density at radius 3 is 2.30 bits per heavy atom. The zero-order chi connectivity index (χ0) is 15.7. The van der Waals surface area contributed by atoms with E-state index in [1.165, 1.54) is 13.8 Å². The van der Waals surface area contributed by atoms with E-state index in [1.807, 2.05) is 0 Å². The molecule has 0 aliphatic rings. The fraction of sp³-hybridized carbons (Fsp3) is 0.500. The van der Waals surface area contributed by atoms with Crippen molar-refractivity contribution in [1.29, 1.82) is 0 Å². The van der Waals surface area contributed by atoms with E-state index >= 15 is 0 Å². The van der Waals surface area contributed by atoms with Gasteiger partial charge in [-0.1, -0.05) is 0 Å². The van der Waals surface area contributed by atoms with Gasteiger partial charge in [0.15, 0.2) is 10.8 Å². The van der Waals surface area contributed by atoms with Gasteiger partial charge in [0, 0.05) is 6.92 Å². The summed E-state index contributed by atoms with van der Waals surface area (Å²) in [6.45, 7) is 4.27. The first-order chi connectivity index (χ1) is 8.91. The number of phosphoric ester groups is 1. The molecule has 1 aromatic rings. The predicted molar refractivity (Wildman–Crippen MR) is 69.3 cm³/mol. The maximum absolute atomic E-state index is 11.4. The van der Waals surface area contributed by atoms with Crippen molar-refractivity contribution in [2.75, 3.05) is 0 Å². The van der Waals surface area contributed by atoms with Gasteiger partial charge in [0.2, 0.25) is 0 Å². The molecule has 0 aliphatic carbocycles. The number of rotatable bonds is 6. The lowest BCUT2D eigenvalue weighted by Gasteiger charge is -2.16. The average Bonchev–Trinajstić information content (AvgIpc) is 2.55. The molecule has 1 aromatic heterocycles. The molecule has 0 spiro atoms. The zero-order valence-corrected chi connectivity index (χ0v) is 13.3. The zero-order valence-electron chi connectivity index (χ0n) is 10.7. The molecule has 0 radical (unpaired) electrons. The van der Waals surface area contributed by atoms with E-state index in [0.717, 1.165) is 11.3 Å². The summed E-state index contributed by atoms with van der Waals surface area (Å²) in [4.78, 5) is 41.7. The fourth-order valence-electron chi connectivity index (χ4n) is 1.34. The second kappa shape index (κ2) is 6.13. The predicted octanol–water partition coefficient (Wildman–Crippen LogP) is 1.94. The summed E-state index contributed by atoms with van der Waals surface area (Å²) in [6.07, 6.45) is -1.03. The Morgan fingerprint density at radius 2 is 1.90 bits per heavy atom. The molecule has 0 amide bonds. The van der Waals surface area contributed by atoms with Gasteiger partial charge in [0.05, 0.1) is 10.6 Å². The van der Waals surface area contributed by atoms with E-state index in [9.17, 15) is 18.8 Å². The van der Waals surface area contributed by atoms with Crippen LogP contribution in [0.2, 0.25) is 0 Å². The van der Waals surface area contributed by atoms with Crippen LogP contribution in [0.1, 0.15) is 40.3 Å². The Balaban J connectivity index is 2.91. The minimum atomic E-state index is -5.16. The third-order valence-electron chi connectivity index (χ3n) is 2.00. The summed E-state index contributed by atoms with van der Waals surface area (Å²) in [7, 11) is -10.1.